The molecule has 64 valence electrons. The molecule has 0 aliphatic rings. The SMILES string of the molecule is O=C(O)c1c(F)cc(F)cc1I. The van der Waals surface area contributed by atoms with Crippen LogP contribution in [0.2, 0.25) is 0 Å². The molecule has 1 aromatic carbocycles. The van der Waals surface area contributed by atoms with Crippen LogP contribution in [0.1, 0.15) is 10.4 Å². The summed E-state index contributed by atoms with van der Waals surface area (Å²) >= 11 is 1.57. The highest BCUT2D eigenvalue weighted by Gasteiger charge is 2.15. The largest absolute Gasteiger partial charge is 0.478 e. The minimum atomic E-state index is -1.39. The van der Waals surface area contributed by atoms with Gasteiger partial charge in [0, 0.05) is 9.64 Å². The van der Waals surface area contributed by atoms with Crippen molar-refractivity contribution in [1.82, 2.24) is 0 Å². The number of hydrogen-bond acceptors (Lipinski definition) is 1. The molecule has 0 amide bonds. The highest BCUT2D eigenvalue weighted by atomic mass is 127. The van der Waals surface area contributed by atoms with E-state index in [1.807, 2.05) is 0 Å². The first kappa shape index (κ1) is 9.37. The smallest absolute Gasteiger partial charge is 0.339 e. The molecule has 0 aromatic heterocycles. The average Bonchev–Trinajstić information content (AvgIpc) is 1.82. The summed E-state index contributed by atoms with van der Waals surface area (Å²) in [4.78, 5) is 10.4. The third-order valence-corrected chi connectivity index (χ3v) is 2.07. The van der Waals surface area contributed by atoms with E-state index in [9.17, 15) is 13.6 Å². The van der Waals surface area contributed by atoms with Crippen LogP contribution < -0.4 is 0 Å². The lowest BCUT2D eigenvalue weighted by atomic mass is 10.2. The molecule has 1 rings (SSSR count). The van der Waals surface area contributed by atoms with Crippen molar-refractivity contribution in [2.24, 2.45) is 0 Å². The van der Waals surface area contributed by atoms with Gasteiger partial charge in [0.15, 0.2) is 0 Å². The van der Waals surface area contributed by atoms with E-state index in [1.54, 1.807) is 22.6 Å². The van der Waals surface area contributed by atoms with Crippen LogP contribution in [0, 0.1) is 15.2 Å². The maximum Gasteiger partial charge on any atom is 0.339 e. The number of halogens is 3. The van der Waals surface area contributed by atoms with Crippen molar-refractivity contribution in [1.29, 1.82) is 0 Å². The minimum absolute atomic E-state index is 0.0533. The number of hydrogen-bond donors (Lipinski definition) is 1. The number of rotatable bonds is 1. The first-order valence-electron chi connectivity index (χ1n) is 2.90. The van der Waals surface area contributed by atoms with Crippen molar-refractivity contribution in [3.05, 3.63) is 32.9 Å². The Morgan fingerprint density at radius 1 is 1.42 bits per heavy atom. The zero-order valence-electron chi connectivity index (χ0n) is 5.64. The summed E-state index contributed by atoms with van der Waals surface area (Å²) in [6.07, 6.45) is 0. The topological polar surface area (TPSA) is 37.3 Å². The third kappa shape index (κ3) is 1.71. The van der Waals surface area contributed by atoms with Gasteiger partial charge in [-0.1, -0.05) is 0 Å². The summed E-state index contributed by atoms with van der Waals surface area (Å²) in [5, 5.41) is 8.47. The van der Waals surface area contributed by atoms with E-state index in [2.05, 4.69) is 0 Å². The molecule has 0 atom stereocenters. The van der Waals surface area contributed by atoms with Gasteiger partial charge in [-0.15, -0.1) is 0 Å². The predicted octanol–water partition coefficient (Wildman–Crippen LogP) is 2.27. The summed E-state index contributed by atoms with van der Waals surface area (Å²) in [6.45, 7) is 0. The Morgan fingerprint density at radius 2 is 2.00 bits per heavy atom. The van der Waals surface area contributed by atoms with Gasteiger partial charge in [-0.25, -0.2) is 13.6 Å². The standard InChI is InChI=1S/C7H3F2IO2/c8-3-1-4(9)6(7(11)12)5(10)2-3/h1-2H,(H,11,12). The molecule has 0 bridgehead atoms. The Labute approximate surface area is 80.3 Å². The van der Waals surface area contributed by atoms with Crippen molar-refractivity contribution in [2.45, 2.75) is 0 Å². The molecule has 0 saturated carbocycles. The molecule has 0 aliphatic carbocycles. The molecule has 0 spiro atoms. The van der Waals surface area contributed by atoms with Crippen molar-refractivity contribution in [3.63, 3.8) is 0 Å². The highest BCUT2D eigenvalue weighted by molar-refractivity contribution is 14.1. The second-order valence-electron chi connectivity index (χ2n) is 2.05. The Bertz CT molecular complexity index is 315. The number of carboxylic acids is 1. The molecule has 2 nitrogen and oxygen atoms in total. The highest BCUT2D eigenvalue weighted by Crippen LogP contribution is 2.17. The van der Waals surface area contributed by atoms with E-state index in [0.29, 0.717) is 6.07 Å². The zero-order valence-corrected chi connectivity index (χ0v) is 7.80. The molecule has 5 heteroatoms. The maximum absolute atomic E-state index is 12.7. The van der Waals surface area contributed by atoms with Gasteiger partial charge >= 0.3 is 5.97 Å². The Balaban J connectivity index is 3.38. The molecule has 0 aliphatic heterocycles. The van der Waals surface area contributed by atoms with Gasteiger partial charge in [-0.2, -0.15) is 0 Å². The number of carboxylic acid groups (broad SMARTS) is 1. The van der Waals surface area contributed by atoms with Gasteiger partial charge in [0.05, 0.1) is 0 Å². The van der Waals surface area contributed by atoms with Crippen LogP contribution >= 0.6 is 22.6 Å². The van der Waals surface area contributed by atoms with Gasteiger partial charge < -0.3 is 5.11 Å². The summed E-state index contributed by atoms with van der Waals surface area (Å²) in [6, 6.07) is 1.51. The van der Waals surface area contributed by atoms with Crippen LogP contribution in [0.15, 0.2) is 12.1 Å². The van der Waals surface area contributed by atoms with Crippen LogP contribution in [0.5, 0.6) is 0 Å². The first-order valence-corrected chi connectivity index (χ1v) is 3.98. The fourth-order valence-corrected chi connectivity index (χ4v) is 1.53. The number of aromatic carboxylic acids is 1. The van der Waals surface area contributed by atoms with E-state index < -0.39 is 23.2 Å². The second kappa shape index (κ2) is 3.34. The molecule has 1 N–H and O–H groups in total. The summed E-state index contributed by atoms with van der Waals surface area (Å²) in [5.41, 5.74) is -0.489. The molecule has 0 unspecified atom stereocenters. The molecule has 1 aromatic rings. The lowest BCUT2D eigenvalue weighted by molar-refractivity contribution is 0.0690. The lowest BCUT2D eigenvalue weighted by Crippen LogP contribution is -2.04. The number of benzene rings is 1. The van der Waals surface area contributed by atoms with Crippen LogP contribution in [0.25, 0.3) is 0 Å². The molecular weight excluding hydrogens is 281 g/mol. The van der Waals surface area contributed by atoms with E-state index in [4.69, 9.17) is 5.11 Å². The van der Waals surface area contributed by atoms with Crippen LogP contribution in [0.4, 0.5) is 8.78 Å². The Kier molecular flexibility index (Phi) is 2.61. The van der Waals surface area contributed by atoms with Crippen LogP contribution in [-0.2, 0) is 0 Å². The van der Waals surface area contributed by atoms with Crippen molar-refractivity contribution >= 4 is 28.6 Å². The minimum Gasteiger partial charge on any atom is -0.478 e. The normalized spacial score (nSPS) is 9.92. The summed E-state index contributed by atoms with van der Waals surface area (Å²) in [7, 11) is 0. The Morgan fingerprint density at radius 3 is 2.42 bits per heavy atom. The van der Waals surface area contributed by atoms with Crippen LogP contribution in [-0.4, -0.2) is 11.1 Å². The van der Waals surface area contributed by atoms with Crippen molar-refractivity contribution in [2.75, 3.05) is 0 Å². The van der Waals surface area contributed by atoms with Gasteiger partial charge in [0.2, 0.25) is 0 Å². The van der Waals surface area contributed by atoms with Gasteiger partial charge in [0.25, 0.3) is 0 Å². The summed E-state index contributed by atoms with van der Waals surface area (Å²) in [5.74, 6) is -3.22. The average molecular weight is 284 g/mol. The van der Waals surface area contributed by atoms with E-state index >= 15 is 0 Å². The molecule has 0 saturated heterocycles. The molecule has 0 fully saturated rings. The lowest BCUT2D eigenvalue weighted by Gasteiger charge is -1.99. The van der Waals surface area contributed by atoms with Gasteiger partial charge in [-0.3, -0.25) is 0 Å². The fraction of sp³-hybridized carbons (Fsp3) is 0. The van der Waals surface area contributed by atoms with Crippen molar-refractivity contribution < 1.29 is 18.7 Å². The monoisotopic (exact) mass is 284 g/mol. The zero-order chi connectivity index (χ0) is 9.30. The van der Waals surface area contributed by atoms with Gasteiger partial charge in [0.1, 0.15) is 17.2 Å². The predicted molar refractivity (Wildman–Crippen MR) is 46.0 cm³/mol. The molecule has 0 heterocycles. The summed E-state index contributed by atoms with van der Waals surface area (Å²) < 4.78 is 25.2. The fourth-order valence-electron chi connectivity index (χ4n) is 0.747. The first-order chi connectivity index (χ1) is 5.52. The maximum atomic E-state index is 12.7. The quantitative estimate of drug-likeness (QED) is 0.803. The van der Waals surface area contributed by atoms with E-state index in [0.717, 1.165) is 6.07 Å². The second-order valence-corrected chi connectivity index (χ2v) is 3.21. The third-order valence-electron chi connectivity index (χ3n) is 1.22. The van der Waals surface area contributed by atoms with Crippen LogP contribution in [0.3, 0.4) is 0 Å². The van der Waals surface area contributed by atoms with E-state index in [-0.39, 0.29) is 3.57 Å². The van der Waals surface area contributed by atoms with Gasteiger partial charge in [-0.05, 0) is 28.7 Å². The molecular formula is C7H3F2IO2. The molecule has 0 radical (unpaired) electrons. The van der Waals surface area contributed by atoms with E-state index in [1.165, 1.54) is 0 Å². The molecule has 12 heavy (non-hydrogen) atoms. The van der Waals surface area contributed by atoms with Crippen molar-refractivity contribution in [3.8, 4) is 0 Å². The number of carbonyl (C=O) groups is 1. The Hall–Kier alpha value is -0.720.